The fourth-order valence-corrected chi connectivity index (χ4v) is 1.87. The standard InChI is InChI=1S/C15H14F3N3O2/c1-2-8-23-11-6-5-10(15(16,17)18)12(21-11)13(22)9-4-3-7-20-14(9)19/h3-7H,2,8H2,1H3,(H2,19,20). The first-order valence-electron chi connectivity index (χ1n) is 6.80. The van der Waals surface area contributed by atoms with Crippen LogP contribution in [0.3, 0.4) is 0 Å². The van der Waals surface area contributed by atoms with Gasteiger partial charge in [0.05, 0.1) is 17.7 Å². The maximum Gasteiger partial charge on any atom is 0.418 e. The van der Waals surface area contributed by atoms with E-state index in [0.717, 1.165) is 12.1 Å². The summed E-state index contributed by atoms with van der Waals surface area (Å²) in [4.78, 5) is 19.8. The van der Waals surface area contributed by atoms with E-state index in [1.165, 1.54) is 18.3 Å². The molecule has 0 saturated carbocycles. The number of ketones is 1. The van der Waals surface area contributed by atoms with Crippen molar-refractivity contribution in [3.05, 3.63) is 47.3 Å². The van der Waals surface area contributed by atoms with Crippen LogP contribution >= 0.6 is 0 Å². The SMILES string of the molecule is CCCOc1ccc(C(F)(F)F)c(C(=O)c2cccnc2N)n1. The zero-order valence-corrected chi connectivity index (χ0v) is 12.2. The molecule has 0 spiro atoms. The van der Waals surface area contributed by atoms with Crippen molar-refractivity contribution in [2.75, 3.05) is 12.3 Å². The van der Waals surface area contributed by atoms with Gasteiger partial charge in [-0.05, 0) is 24.6 Å². The Kier molecular flexibility index (Phi) is 4.83. The highest BCUT2D eigenvalue weighted by atomic mass is 19.4. The third kappa shape index (κ3) is 3.77. The third-order valence-electron chi connectivity index (χ3n) is 2.93. The number of halogens is 3. The summed E-state index contributed by atoms with van der Waals surface area (Å²) in [7, 11) is 0. The molecule has 0 bridgehead atoms. The molecule has 2 rings (SSSR count). The normalized spacial score (nSPS) is 11.3. The molecule has 0 radical (unpaired) electrons. The van der Waals surface area contributed by atoms with Crippen LogP contribution in [0.4, 0.5) is 19.0 Å². The maximum absolute atomic E-state index is 13.1. The number of hydrogen-bond donors (Lipinski definition) is 1. The Balaban J connectivity index is 2.53. The number of rotatable bonds is 5. The second-order valence-electron chi connectivity index (χ2n) is 4.66. The fraction of sp³-hybridized carbons (Fsp3) is 0.267. The predicted octanol–water partition coefficient (Wildman–Crippen LogP) is 3.10. The summed E-state index contributed by atoms with van der Waals surface area (Å²) in [5, 5.41) is 0. The molecule has 8 heteroatoms. The molecule has 122 valence electrons. The lowest BCUT2D eigenvalue weighted by Gasteiger charge is -2.13. The minimum Gasteiger partial charge on any atom is -0.478 e. The lowest BCUT2D eigenvalue weighted by molar-refractivity contribution is -0.138. The number of carbonyl (C=O) groups excluding carboxylic acids is 1. The Bertz CT molecular complexity index is 717. The van der Waals surface area contributed by atoms with Crippen LogP contribution in [0.15, 0.2) is 30.5 Å². The molecule has 0 amide bonds. The molecule has 0 aliphatic rings. The fourth-order valence-electron chi connectivity index (χ4n) is 1.87. The van der Waals surface area contributed by atoms with E-state index in [0.29, 0.717) is 6.42 Å². The first-order chi connectivity index (χ1) is 10.8. The second kappa shape index (κ2) is 6.64. The molecule has 0 aliphatic heterocycles. The average molecular weight is 325 g/mol. The van der Waals surface area contributed by atoms with Gasteiger partial charge in [-0.1, -0.05) is 6.92 Å². The zero-order valence-electron chi connectivity index (χ0n) is 12.2. The van der Waals surface area contributed by atoms with E-state index in [1.807, 2.05) is 6.92 Å². The molecule has 0 fully saturated rings. The number of nitrogens with two attached hydrogens (primary N) is 1. The minimum atomic E-state index is -4.72. The number of carbonyl (C=O) groups is 1. The van der Waals surface area contributed by atoms with E-state index in [2.05, 4.69) is 9.97 Å². The number of aromatic nitrogens is 2. The summed E-state index contributed by atoms with van der Waals surface area (Å²) in [6.45, 7) is 2.12. The Morgan fingerprint density at radius 2 is 2.04 bits per heavy atom. The van der Waals surface area contributed by atoms with E-state index in [-0.39, 0.29) is 23.9 Å². The Hall–Kier alpha value is -2.64. The van der Waals surface area contributed by atoms with Crippen LogP contribution in [0, 0.1) is 0 Å². The number of nitrogen functional groups attached to an aromatic ring is 1. The smallest absolute Gasteiger partial charge is 0.418 e. The largest absolute Gasteiger partial charge is 0.478 e. The quantitative estimate of drug-likeness (QED) is 0.855. The van der Waals surface area contributed by atoms with Gasteiger partial charge in [0, 0.05) is 12.3 Å². The Labute approximate surface area is 130 Å². The summed E-state index contributed by atoms with van der Waals surface area (Å²) in [6.07, 6.45) is -2.73. The van der Waals surface area contributed by atoms with Crippen molar-refractivity contribution in [1.29, 1.82) is 0 Å². The molecule has 2 heterocycles. The van der Waals surface area contributed by atoms with E-state index < -0.39 is 23.2 Å². The van der Waals surface area contributed by atoms with E-state index in [9.17, 15) is 18.0 Å². The monoisotopic (exact) mass is 325 g/mol. The summed E-state index contributed by atoms with van der Waals surface area (Å²) in [5.41, 5.74) is 3.52. The van der Waals surface area contributed by atoms with Crippen molar-refractivity contribution in [1.82, 2.24) is 9.97 Å². The summed E-state index contributed by atoms with van der Waals surface area (Å²) < 4.78 is 44.6. The van der Waals surface area contributed by atoms with Crippen LogP contribution in [-0.2, 0) is 6.18 Å². The van der Waals surface area contributed by atoms with Crippen LogP contribution in [0.5, 0.6) is 5.88 Å². The molecule has 2 aromatic heterocycles. The molecule has 23 heavy (non-hydrogen) atoms. The number of hydrogen-bond acceptors (Lipinski definition) is 5. The van der Waals surface area contributed by atoms with Gasteiger partial charge in [-0.15, -0.1) is 0 Å². The van der Waals surface area contributed by atoms with Crippen LogP contribution in [0.25, 0.3) is 0 Å². The molecule has 0 saturated heterocycles. The molecule has 2 aromatic rings. The van der Waals surface area contributed by atoms with Gasteiger partial charge < -0.3 is 10.5 Å². The van der Waals surface area contributed by atoms with Crippen molar-refractivity contribution in [2.45, 2.75) is 19.5 Å². The highest BCUT2D eigenvalue weighted by Gasteiger charge is 2.37. The number of ether oxygens (including phenoxy) is 1. The van der Waals surface area contributed by atoms with Gasteiger partial charge in [0.25, 0.3) is 0 Å². The first kappa shape index (κ1) is 16.7. The van der Waals surface area contributed by atoms with Crippen molar-refractivity contribution in [3.63, 3.8) is 0 Å². The lowest BCUT2D eigenvalue weighted by atomic mass is 10.0. The molecular formula is C15H14F3N3O2. The van der Waals surface area contributed by atoms with Crippen LogP contribution in [-0.4, -0.2) is 22.4 Å². The van der Waals surface area contributed by atoms with Gasteiger partial charge >= 0.3 is 6.18 Å². The Morgan fingerprint density at radius 3 is 2.65 bits per heavy atom. The van der Waals surface area contributed by atoms with Crippen LogP contribution in [0.1, 0.15) is 35.0 Å². The summed E-state index contributed by atoms with van der Waals surface area (Å²) in [5.74, 6) is -1.16. The van der Waals surface area contributed by atoms with Crippen molar-refractivity contribution in [3.8, 4) is 5.88 Å². The molecule has 5 nitrogen and oxygen atoms in total. The van der Waals surface area contributed by atoms with Crippen LogP contribution < -0.4 is 10.5 Å². The highest BCUT2D eigenvalue weighted by Crippen LogP contribution is 2.33. The van der Waals surface area contributed by atoms with Crippen LogP contribution in [0.2, 0.25) is 0 Å². The lowest BCUT2D eigenvalue weighted by Crippen LogP contribution is -2.17. The highest BCUT2D eigenvalue weighted by molar-refractivity contribution is 6.11. The predicted molar refractivity (Wildman–Crippen MR) is 77.1 cm³/mol. The van der Waals surface area contributed by atoms with Gasteiger partial charge in [-0.25, -0.2) is 9.97 Å². The molecule has 2 N–H and O–H groups in total. The van der Waals surface area contributed by atoms with Gasteiger partial charge in [0.2, 0.25) is 11.7 Å². The Morgan fingerprint density at radius 1 is 1.30 bits per heavy atom. The van der Waals surface area contributed by atoms with Gasteiger partial charge in [0.1, 0.15) is 11.5 Å². The zero-order chi connectivity index (χ0) is 17.0. The van der Waals surface area contributed by atoms with Crippen molar-refractivity contribution in [2.24, 2.45) is 0 Å². The van der Waals surface area contributed by atoms with Gasteiger partial charge in [-0.3, -0.25) is 4.79 Å². The molecule has 0 unspecified atom stereocenters. The second-order valence-corrected chi connectivity index (χ2v) is 4.66. The van der Waals surface area contributed by atoms with E-state index >= 15 is 0 Å². The van der Waals surface area contributed by atoms with Crippen molar-refractivity contribution < 1.29 is 22.7 Å². The summed E-state index contributed by atoms with van der Waals surface area (Å²) >= 11 is 0. The molecule has 0 aromatic carbocycles. The number of anilines is 1. The molecule has 0 aliphatic carbocycles. The van der Waals surface area contributed by atoms with Gasteiger partial charge in [0.15, 0.2) is 0 Å². The average Bonchev–Trinajstić information content (AvgIpc) is 2.51. The number of nitrogens with zero attached hydrogens (tertiary/aromatic N) is 2. The topological polar surface area (TPSA) is 78.1 Å². The molecular weight excluding hydrogens is 311 g/mol. The summed E-state index contributed by atoms with van der Waals surface area (Å²) in [6, 6.07) is 4.57. The molecule has 0 atom stereocenters. The maximum atomic E-state index is 13.1. The van der Waals surface area contributed by atoms with Crippen molar-refractivity contribution >= 4 is 11.6 Å². The minimum absolute atomic E-state index is 0.0503. The van der Waals surface area contributed by atoms with Gasteiger partial charge in [-0.2, -0.15) is 13.2 Å². The third-order valence-corrected chi connectivity index (χ3v) is 2.93. The number of alkyl halides is 3. The number of pyridine rings is 2. The first-order valence-corrected chi connectivity index (χ1v) is 6.80. The van der Waals surface area contributed by atoms with E-state index in [1.54, 1.807) is 0 Å². The van der Waals surface area contributed by atoms with E-state index in [4.69, 9.17) is 10.5 Å².